The Morgan fingerprint density at radius 2 is 2.35 bits per heavy atom. The molecule has 0 spiro atoms. The highest BCUT2D eigenvalue weighted by Gasteiger charge is 2.02. The van der Waals surface area contributed by atoms with Crippen LogP contribution in [0.4, 0.5) is 0 Å². The van der Waals surface area contributed by atoms with Gasteiger partial charge in [-0.3, -0.25) is 9.78 Å². The van der Waals surface area contributed by atoms with Crippen LogP contribution in [0.2, 0.25) is 0 Å². The van der Waals surface area contributed by atoms with Crippen LogP contribution in [0.3, 0.4) is 0 Å². The van der Waals surface area contributed by atoms with Gasteiger partial charge in [-0.05, 0) is 30.5 Å². The first-order valence-corrected chi connectivity index (χ1v) is 6.00. The van der Waals surface area contributed by atoms with Crippen LogP contribution in [0, 0.1) is 6.92 Å². The number of rotatable bonds is 7. The standard InChI is InChI=1S/C13H20N2O2/c1-3-4-7-17-13(16)10-15-9-12-5-6-14-8-11(12)2/h5-6,8,15H,3-4,7,9-10H2,1-2H3. The average molecular weight is 236 g/mol. The molecule has 1 N–H and O–H groups in total. The molecule has 0 saturated heterocycles. The highest BCUT2D eigenvalue weighted by Crippen LogP contribution is 2.03. The monoisotopic (exact) mass is 236 g/mol. The SMILES string of the molecule is CCCCOC(=O)CNCc1ccncc1C. The van der Waals surface area contributed by atoms with Gasteiger partial charge in [0.1, 0.15) is 0 Å². The second-order valence-electron chi connectivity index (χ2n) is 3.98. The van der Waals surface area contributed by atoms with Crippen molar-refractivity contribution in [1.82, 2.24) is 10.3 Å². The minimum atomic E-state index is -0.190. The number of unbranched alkanes of at least 4 members (excludes halogenated alkanes) is 1. The van der Waals surface area contributed by atoms with Crippen LogP contribution in [0.15, 0.2) is 18.5 Å². The number of carbonyl (C=O) groups is 1. The maximum absolute atomic E-state index is 11.3. The maximum atomic E-state index is 11.3. The molecular weight excluding hydrogens is 216 g/mol. The first kappa shape index (κ1) is 13.6. The molecule has 0 aliphatic heterocycles. The summed E-state index contributed by atoms with van der Waals surface area (Å²) >= 11 is 0. The Labute approximate surface area is 102 Å². The fourth-order valence-electron chi connectivity index (χ4n) is 1.38. The van der Waals surface area contributed by atoms with Crippen LogP contribution in [0.1, 0.15) is 30.9 Å². The predicted octanol–water partition coefficient (Wildman–Crippen LogP) is 1.82. The van der Waals surface area contributed by atoms with Gasteiger partial charge in [0, 0.05) is 18.9 Å². The second-order valence-corrected chi connectivity index (χ2v) is 3.98. The van der Waals surface area contributed by atoms with Crippen molar-refractivity contribution in [3.63, 3.8) is 0 Å². The number of pyridine rings is 1. The lowest BCUT2D eigenvalue weighted by Gasteiger charge is -2.07. The number of nitrogens with zero attached hydrogens (tertiary/aromatic N) is 1. The summed E-state index contributed by atoms with van der Waals surface area (Å²) in [5, 5.41) is 3.07. The molecule has 4 nitrogen and oxygen atoms in total. The topological polar surface area (TPSA) is 51.2 Å². The van der Waals surface area contributed by atoms with E-state index in [9.17, 15) is 4.79 Å². The highest BCUT2D eigenvalue weighted by atomic mass is 16.5. The van der Waals surface area contributed by atoms with E-state index in [4.69, 9.17) is 4.74 Å². The van der Waals surface area contributed by atoms with Crippen molar-refractivity contribution < 1.29 is 9.53 Å². The van der Waals surface area contributed by atoms with Crippen molar-refractivity contribution in [2.45, 2.75) is 33.2 Å². The summed E-state index contributed by atoms with van der Waals surface area (Å²) in [5.74, 6) is -0.190. The molecule has 94 valence electrons. The molecule has 0 aliphatic rings. The van der Waals surface area contributed by atoms with E-state index in [1.807, 2.05) is 19.2 Å². The first-order chi connectivity index (χ1) is 8.24. The summed E-state index contributed by atoms with van der Waals surface area (Å²) < 4.78 is 5.04. The Bertz CT molecular complexity index is 353. The van der Waals surface area contributed by atoms with Gasteiger partial charge < -0.3 is 10.1 Å². The molecule has 0 aromatic carbocycles. The molecule has 17 heavy (non-hydrogen) atoms. The van der Waals surface area contributed by atoms with Crippen molar-refractivity contribution in [3.8, 4) is 0 Å². The van der Waals surface area contributed by atoms with E-state index >= 15 is 0 Å². The summed E-state index contributed by atoms with van der Waals surface area (Å²) in [6, 6.07) is 1.95. The predicted molar refractivity (Wildman–Crippen MR) is 66.5 cm³/mol. The molecule has 1 rings (SSSR count). The normalized spacial score (nSPS) is 10.2. The van der Waals surface area contributed by atoms with Gasteiger partial charge in [-0.25, -0.2) is 0 Å². The molecular formula is C13H20N2O2. The van der Waals surface area contributed by atoms with Crippen LogP contribution in [-0.4, -0.2) is 24.1 Å². The van der Waals surface area contributed by atoms with Gasteiger partial charge in [0.25, 0.3) is 0 Å². The smallest absolute Gasteiger partial charge is 0.319 e. The molecule has 0 aliphatic carbocycles. The molecule has 0 fully saturated rings. The summed E-state index contributed by atoms with van der Waals surface area (Å²) in [7, 11) is 0. The molecule has 0 bridgehead atoms. The van der Waals surface area contributed by atoms with Crippen LogP contribution < -0.4 is 5.32 Å². The fourth-order valence-corrected chi connectivity index (χ4v) is 1.38. The zero-order valence-corrected chi connectivity index (χ0v) is 10.5. The van der Waals surface area contributed by atoms with E-state index in [0.29, 0.717) is 13.2 Å². The Kier molecular flexibility index (Phi) is 6.25. The van der Waals surface area contributed by atoms with Crippen molar-refractivity contribution in [1.29, 1.82) is 0 Å². The Hall–Kier alpha value is -1.42. The molecule has 0 atom stereocenters. The van der Waals surface area contributed by atoms with E-state index in [2.05, 4.69) is 17.2 Å². The van der Waals surface area contributed by atoms with Crippen LogP contribution >= 0.6 is 0 Å². The highest BCUT2D eigenvalue weighted by molar-refractivity contribution is 5.71. The van der Waals surface area contributed by atoms with Crippen LogP contribution in [0.5, 0.6) is 0 Å². The number of hydrogen-bond donors (Lipinski definition) is 1. The van der Waals surface area contributed by atoms with E-state index in [-0.39, 0.29) is 12.5 Å². The number of aryl methyl sites for hydroxylation is 1. The van der Waals surface area contributed by atoms with Crippen LogP contribution in [-0.2, 0) is 16.1 Å². The Balaban J connectivity index is 2.19. The lowest BCUT2D eigenvalue weighted by molar-refractivity contribution is -0.142. The third kappa shape index (κ3) is 5.45. The number of ether oxygens (including phenoxy) is 1. The van der Waals surface area contributed by atoms with Gasteiger partial charge in [0.05, 0.1) is 13.2 Å². The summed E-state index contributed by atoms with van der Waals surface area (Å²) in [5.41, 5.74) is 2.28. The molecule has 0 unspecified atom stereocenters. The van der Waals surface area contributed by atoms with E-state index < -0.39 is 0 Å². The van der Waals surface area contributed by atoms with Crippen molar-refractivity contribution in [2.24, 2.45) is 0 Å². The minimum absolute atomic E-state index is 0.190. The van der Waals surface area contributed by atoms with E-state index in [1.165, 1.54) is 0 Å². The largest absolute Gasteiger partial charge is 0.465 e. The average Bonchev–Trinajstić information content (AvgIpc) is 2.32. The van der Waals surface area contributed by atoms with Gasteiger partial charge in [-0.15, -0.1) is 0 Å². The van der Waals surface area contributed by atoms with Gasteiger partial charge >= 0.3 is 5.97 Å². The zero-order valence-electron chi connectivity index (χ0n) is 10.5. The minimum Gasteiger partial charge on any atom is -0.465 e. The third-order valence-electron chi connectivity index (χ3n) is 2.48. The summed E-state index contributed by atoms with van der Waals surface area (Å²) in [6.45, 7) is 5.51. The molecule has 0 saturated carbocycles. The quantitative estimate of drug-likeness (QED) is 0.579. The van der Waals surface area contributed by atoms with Gasteiger partial charge in [0.2, 0.25) is 0 Å². The molecule has 4 heteroatoms. The molecule has 1 heterocycles. The summed E-state index contributed by atoms with van der Waals surface area (Å²) in [6.07, 6.45) is 5.53. The number of esters is 1. The molecule has 0 radical (unpaired) electrons. The Morgan fingerprint density at radius 3 is 3.06 bits per heavy atom. The lowest BCUT2D eigenvalue weighted by atomic mass is 10.1. The van der Waals surface area contributed by atoms with Crippen molar-refractivity contribution in [3.05, 3.63) is 29.6 Å². The van der Waals surface area contributed by atoms with Crippen molar-refractivity contribution >= 4 is 5.97 Å². The Morgan fingerprint density at radius 1 is 1.53 bits per heavy atom. The third-order valence-corrected chi connectivity index (χ3v) is 2.48. The van der Waals surface area contributed by atoms with Gasteiger partial charge in [-0.2, -0.15) is 0 Å². The number of aromatic nitrogens is 1. The van der Waals surface area contributed by atoms with E-state index in [0.717, 1.165) is 24.0 Å². The number of hydrogen-bond acceptors (Lipinski definition) is 4. The number of nitrogens with one attached hydrogen (secondary N) is 1. The van der Waals surface area contributed by atoms with E-state index in [1.54, 1.807) is 6.20 Å². The molecule has 1 aromatic heterocycles. The molecule has 1 aromatic rings. The van der Waals surface area contributed by atoms with Crippen molar-refractivity contribution in [2.75, 3.05) is 13.2 Å². The van der Waals surface area contributed by atoms with Gasteiger partial charge in [-0.1, -0.05) is 13.3 Å². The summed E-state index contributed by atoms with van der Waals surface area (Å²) in [4.78, 5) is 15.3. The maximum Gasteiger partial charge on any atom is 0.319 e. The fraction of sp³-hybridized carbons (Fsp3) is 0.538. The second kappa shape index (κ2) is 7.79. The lowest BCUT2D eigenvalue weighted by Crippen LogP contribution is -2.24. The number of carbonyl (C=O) groups excluding carboxylic acids is 1. The van der Waals surface area contributed by atoms with Gasteiger partial charge in [0.15, 0.2) is 0 Å². The zero-order chi connectivity index (χ0) is 12.5. The van der Waals surface area contributed by atoms with Crippen LogP contribution in [0.25, 0.3) is 0 Å². The molecule has 0 amide bonds. The first-order valence-electron chi connectivity index (χ1n) is 6.00.